The number of rotatable bonds is 4. The highest BCUT2D eigenvalue weighted by Crippen LogP contribution is 2.27. The van der Waals surface area contributed by atoms with Gasteiger partial charge in [-0.25, -0.2) is 0 Å². The molecule has 1 heterocycles. The Morgan fingerprint density at radius 1 is 1.15 bits per heavy atom. The fourth-order valence-corrected chi connectivity index (χ4v) is 5.00. The number of hydrogen-bond acceptors (Lipinski definition) is 3. The average molecular weight is 299 g/mol. The normalized spacial score (nSPS) is 27.9. The molecule has 2 rings (SSSR count). The van der Waals surface area contributed by atoms with Crippen molar-refractivity contribution in [2.75, 3.05) is 6.54 Å². The Morgan fingerprint density at radius 2 is 1.80 bits per heavy atom. The summed E-state index contributed by atoms with van der Waals surface area (Å²) in [6, 6.07) is 1.62. The second kappa shape index (κ2) is 6.88. The van der Waals surface area contributed by atoms with Gasteiger partial charge in [0.25, 0.3) is 10.2 Å². The summed E-state index contributed by atoms with van der Waals surface area (Å²) in [7, 11) is -3.53. The molecule has 6 heteroatoms. The van der Waals surface area contributed by atoms with E-state index < -0.39 is 16.3 Å². The first kappa shape index (κ1) is 15.7. The third-order valence-electron chi connectivity index (χ3n) is 4.59. The molecule has 1 saturated carbocycles. The molecule has 1 aliphatic heterocycles. The predicted octanol–water partition coefficient (Wildman–Crippen LogP) is 2.17. The fourth-order valence-electron chi connectivity index (χ4n) is 3.35. The molecule has 114 valence electrons. The van der Waals surface area contributed by atoms with Crippen molar-refractivity contribution in [1.82, 2.24) is 9.03 Å². The molecule has 1 N–H and O–H groups in total. The molecular formula is C14H25N3O2S. The minimum absolute atomic E-state index is 0.0342. The molecule has 0 spiro atoms. The maximum Gasteiger partial charge on any atom is 0.280 e. The van der Waals surface area contributed by atoms with Crippen LogP contribution in [0.3, 0.4) is 0 Å². The van der Waals surface area contributed by atoms with Crippen LogP contribution in [0.15, 0.2) is 0 Å². The van der Waals surface area contributed by atoms with Crippen molar-refractivity contribution in [1.29, 1.82) is 5.26 Å². The highest BCUT2D eigenvalue weighted by molar-refractivity contribution is 7.87. The average Bonchev–Trinajstić information content (AvgIpc) is 2.46. The van der Waals surface area contributed by atoms with Crippen molar-refractivity contribution in [3.8, 4) is 6.07 Å². The molecule has 2 aliphatic rings. The lowest BCUT2D eigenvalue weighted by Gasteiger charge is -2.34. The maximum absolute atomic E-state index is 12.5. The highest BCUT2D eigenvalue weighted by atomic mass is 32.2. The summed E-state index contributed by atoms with van der Waals surface area (Å²) < 4.78 is 29.1. The van der Waals surface area contributed by atoms with Gasteiger partial charge >= 0.3 is 0 Å². The van der Waals surface area contributed by atoms with Gasteiger partial charge in [0.05, 0.1) is 6.07 Å². The zero-order chi connectivity index (χ0) is 14.6. The van der Waals surface area contributed by atoms with Crippen LogP contribution >= 0.6 is 0 Å². The van der Waals surface area contributed by atoms with E-state index in [4.69, 9.17) is 0 Å². The first-order valence-corrected chi connectivity index (χ1v) is 9.17. The van der Waals surface area contributed by atoms with Crippen molar-refractivity contribution in [3.05, 3.63) is 0 Å². The van der Waals surface area contributed by atoms with Crippen LogP contribution in [0.4, 0.5) is 0 Å². The van der Waals surface area contributed by atoms with E-state index in [9.17, 15) is 13.7 Å². The van der Waals surface area contributed by atoms with Crippen LogP contribution in [0.5, 0.6) is 0 Å². The van der Waals surface area contributed by atoms with Gasteiger partial charge in [-0.2, -0.15) is 22.7 Å². The van der Waals surface area contributed by atoms with E-state index in [2.05, 4.69) is 10.8 Å². The lowest BCUT2D eigenvalue weighted by atomic mass is 9.85. The molecule has 0 amide bonds. The van der Waals surface area contributed by atoms with Gasteiger partial charge in [-0.05, 0) is 38.5 Å². The topological polar surface area (TPSA) is 73.2 Å². The summed E-state index contributed by atoms with van der Waals surface area (Å²) in [5.74, 6) is 0.170. The number of nitrogens with zero attached hydrogens (tertiary/aromatic N) is 2. The summed E-state index contributed by atoms with van der Waals surface area (Å²) in [6.07, 6.45) is 8.21. The van der Waals surface area contributed by atoms with Gasteiger partial charge in [0.2, 0.25) is 0 Å². The van der Waals surface area contributed by atoms with E-state index in [0.717, 1.165) is 44.9 Å². The van der Waals surface area contributed by atoms with Crippen LogP contribution in [-0.4, -0.2) is 31.4 Å². The van der Waals surface area contributed by atoms with Crippen LogP contribution in [0.1, 0.15) is 58.3 Å². The van der Waals surface area contributed by atoms with Crippen LogP contribution in [0.2, 0.25) is 0 Å². The van der Waals surface area contributed by atoms with Crippen LogP contribution in [0, 0.1) is 17.2 Å². The summed E-state index contributed by atoms with van der Waals surface area (Å²) in [6.45, 7) is 2.51. The summed E-state index contributed by atoms with van der Waals surface area (Å²) in [4.78, 5) is 0. The minimum atomic E-state index is -3.53. The number of nitrogens with one attached hydrogen (secondary N) is 1. The van der Waals surface area contributed by atoms with Gasteiger partial charge in [-0.1, -0.05) is 25.7 Å². The molecule has 2 fully saturated rings. The smallest absolute Gasteiger partial charge is 0.197 e. The Hall–Kier alpha value is -0.640. The molecule has 2 unspecified atom stereocenters. The van der Waals surface area contributed by atoms with Crippen LogP contribution < -0.4 is 4.72 Å². The SMILES string of the molecule is CC1CCCCN1S(=O)(=O)NC(C#N)C1CCCCC1. The molecule has 0 aromatic carbocycles. The van der Waals surface area contributed by atoms with Crippen LogP contribution in [0.25, 0.3) is 0 Å². The van der Waals surface area contributed by atoms with Crippen molar-refractivity contribution >= 4 is 10.2 Å². The molecular weight excluding hydrogens is 274 g/mol. The van der Waals surface area contributed by atoms with Gasteiger partial charge in [-0.3, -0.25) is 0 Å². The molecule has 0 radical (unpaired) electrons. The van der Waals surface area contributed by atoms with Gasteiger partial charge in [0.1, 0.15) is 6.04 Å². The van der Waals surface area contributed by atoms with Gasteiger partial charge < -0.3 is 0 Å². The first-order chi connectivity index (χ1) is 9.54. The number of piperidine rings is 1. The second-order valence-corrected chi connectivity index (χ2v) is 7.74. The highest BCUT2D eigenvalue weighted by Gasteiger charge is 2.34. The molecule has 0 aromatic rings. The lowest BCUT2D eigenvalue weighted by molar-refractivity contribution is 0.258. The second-order valence-electron chi connectivity index (χ2n) is 6.08. The van der Waals surface area contributed by atoms with E-state index >= 15 is 0 Å². The van der Waals surface area contributed by atoms with Gasteiger partial charge in [0.15, 0.2) is 0 Å². The molecule has 0 aromatic heterocycles. The minimum Gasteiger partial charge on any atom is -0.197 e. The zero-order valence-corrected chi connectivity index (χ0v) is 13.0. The van der Waals surface area contributed by atoms with Crippen LogP contribution in [-0.2, 0) is 10.2 Å². The summed E-state index contributed by atoms with van der Waals surface area (Å²) >= 11 is 0. The molecule has 20 heavy (non-hydrogen) atoms. The molecule has 1 aliphatic carbocycles. The fraction of sp³-hybridized carbons (Fsp3) is 0.929. The van der Waals surface area contributed by atoms with E-state index in [-0.39, 0.29) is 12.0 Å². The largest absolute Gasteiger partial charge is 0.280 e. The summed E-state index contributed by atoms with van der Waals surface area (Å²) in [5, 5.41) is 9.31. The Kier molecular flexibility index (Phi) is 5.42. The van der Waals surface area contributed by atoms with Crippen molar-refractivity contribution in [2.24, 2.45) is 5.92 Å². The van der Waals surface area contributed by atoms with Crippen molar-refractivity contribution in [2.45, 2.75) is 70.4 Å². The molecule has 1 saturated heterocycles. The first-order valence-electron chi connectivity index (χ1n) is 7.73. The number of hydrogen-bond donors (Lipinski definition) is 1. The quantitative estimate of drug-likeness (QED) is 0.864. The van der Waals surface area contributed by atoms with Crippen molar-refractivity contribution in [3.63, 3.8) is 0 Å². The van der Waals surface area contributed by atoms with E-state index in [1.807, 2.05) is 6.92 Å². The monoisotopic (exact) mass is 299 g/mol. The third-order valence-corrected chi connectivity index (χ3v) is 6.30. The third kappa shape index (κ3) is 3.72. The Bertz CT molecular complexity index is 452. The number of nitriles is 1. The Morgan fingerprint density at radius 3 is 2.40 bits per heavy atom. The predicted molar refractivity (Wildman–Crippen MR) is 78.1 cm³/mol. The zero-order valence-electron chi connectivity index (χ0n) is 12.2. The molecule has 2 atom stereocenters. The maximum atomic E-state index is 12.5. The Labute approximate surface area is 122 Å². The van der Waals surface area contributed by atoms with Gasteiger partial charge in [-0.15, -0.1) is 0 Å². The van der Waals surface area contributed by atoms with E-state index in [0.29, 0.717) is 6.54 Å². The lowest BCUT2D eigenvalue weighted by Crippen LogP contribution is -2.52. The standard InChI is InChI=1S/C14H25N3O2S/c1-12-7-5-6-10-17(12)20(18,19)16-14(11-15)13-8-3-2-4-9-13/h12-14,16H,2-10H2,1H3. The van der Waals surface area contributed by atoms with E-state index in [1.54, 1.807) is 0 Å². The summed E-state index contributed by atoms with van der Waals surface area (Å²) in [5.41, 5.74) is 0. The molecule has 0 bridgehead atoms. The Balaban J connectivity index is 2.03. The van der Waals surface area contributed by atoms with Gasteiger partial charge in [0, 0.05) is 12.6 Å². The molecule has 5 nitrogen and oxygen atoms in total. The van der Waals surface area contributed by atoms with Crippen molar-refractivity contribution < 1.29 is 8.42 Å². The van der Waals surface area contributed by atoms with E-state index in [1.165, 1.54) is 10.7 Å².